The first kappa shape index (κ1) is 20.4. The number of aromatic nitrogens is 2. The van der Waals surface area contributed by atoms with Crippen LogP contribution in [0.2, 0.25) is 0 Å². The summed E-state index contributed by atoms with van der Waals surface area (Å²) >= 11 is 0. The van der Waals surface area contributed by atoms with Crippen molar-refractivity contribution in [3.8, 4) is 0 Å². The van der Waals surface area contributed by atoms with Crippen molar-refractivity contribution in [1.82, 2.24) is 15.5 Å². The minimum absolute atomic E-state index is 0.0309. The molecule has 0 aliphatic heterocycles. The third kappa shape index (κ3) is 3.58. The number of nitrogens with zero attached hydrogens (tertiary/aromatic N) is 2. The number of amides is 1. The number of rotatable bonds is 6. The smallest absolute Gasteiger partial charge is 0.234 e. The molecule has 1 atom stereocenters. The van der Waals surface area contributed by atoms with Crippen molar-refractivity contribution in [2.45, 2.75) is 83.1 Å². The molecule has 5 aliphatic carbocycles. The Kier molecular flexibility index (Phi) is 5.11. The van der Waals surface area contributed by atoms with E-state index < -0.39 is 0 Å². The molecule has 1 amide bonds. The average Bonchev–Trinajstić information content (AvgIpc) is 3.44. The van der Waals surface area contributed by atoms with Gasteiger partial charge in [-0.1, -0.05) is 47.8 Å². The molecule has 5 saturated carbocycles. The van der Waals surface area contributed by atoms with Crippen LogP contribution in [0.5, 0.6) is 0 Å². The van der Waals surface area contributed by atoms with Crippen LogP contribution in [-0.2, 0) is 4.79 Å². The van der Waals surface area contributed by atoms with Gasteiger partial charge in [-0.3, -0.25) is 4.79 Å². The Hall–Kier alpha value is -2.17. The molecule has 7 rings (SSSR count). The molecule has 2 aromatic rings. The molecule has 4 bridgehead atoms. The third-order valence-electron chi connectivity index (χ3n) is 9.28. The topological polar surface area (TPSA) is 68.0 Å². The second kappa shape index (κ2) is 8.00. The highest BCUT2D eigenvalue weighted by Gasteiger charge is 2.50. The molecule has 170 valence electrons. The zero-order chi connectivity index (χ0) is 21.7. The zero-order valence-electron chi connectivity index (χ0n) is 19.1. The molecule has 1 aromatic carbocycles. The highest BCUT2D eigenvalue weighted by atomic mass is 16.5. The predicted octanol–water partition coefficient (Wildman–Crippen LogP) is 5.40. The van der Waals surface area contributed by atoms with Crippen LogP contribution < -0.4 is 5.32 Å². The maximum atomic E-state index is 13.6. The Morgan fingerprint density at radius 2 is 1.84 bits per heavy atom. The van der Waals surface area contributed by atoms with Gasteiger partial charge in [-0.25, -0.2) is 0 Å². The van der Waals surface area contributed by atoms with E-state index in [9.17, 15) is 4.79 Å². The molecule has 5 fully saturated rings. The summed E-state index contributed by atoms with van der Waals surface area (Å²) in [5, 5.41) is 7.50. The van der Waals surface area contributed by atoms with Gasteiger partial charge in [-0.15, -0.1) is 0 Å². The fourth-order valence-corrected chi connectivity index (χ4v) is 8.28. The van der Waals surface area contributed by atoms with E-state index in [0.29, 0.717) is 30.2 Å². The van der Waals surface area contributed by atoms with Gasteiger partial charge < -0.3 is 9.84 Å². The first-order valence-corrected chi connectivity index (χ1v) is 12.7. The van der Waals surface area contributed by atoms with Gasteiger partial charge in [0.25, 0.3) is 0 Å². The SMILES string of the molecule is Cc1cccc(C(c2ncno2)C2(CC(=O)NC3C4CC5CC(C4)CC3C5)CCCC2)c1. The minimum atomic E-state index is -0.156. The number of carbonyl (C=O) groups excluding carboxylic acids is 1. The van der Waals surface area contributed by atoms with Gasteiger partial charge in [0, 0.05) is 12.5 Å². The summed E-state index contributed by atoms with van der Waals surface area (Å²) in [5.74, 6) is 4.12. The molecule has 5 aliphatic rings. The van der Waals surface area contributed by atoms with E-state index in [4.69, 9.17) is 4.52 Å². The van der Waals surface area contributed by atoms with Gasteiger partial charge in [0.05, 0.1) is 5.92 Å². The van der Waals surface area contributed by atoms with E-state index in [1.807, 2.05) is 0 Å². The molecular weight excluding hydrogens is 398 g/mol. The van der Waals surface area contributed by atoms with Crippen molar-refractivity contribution < 1.29 is 9.32 Å². The lowest BCUT2D eigenvalue weighted by Gasteiger charge is -2.54. The molecule has 0 spiro atoms. The number of hydrogen-bond acceptors (Lipinski definition) is 4. The van der Waals surface area contributed by atoms with E-state index in [2.05, 4.69) is 46.6 Å². The first-order valence-electron chi connectivity index (χ1n) is 12.7. The van der Waals surface area contributed by atoms with Crippen LogP contribution in [0.25, 0.3) is 0 Å². The normalized spacial score (nSPS) is 33.3. The molecule has 5 nitrogen and oxygen atoms in total. The van der Waals surface area contributed by atoms with Crippen molar-refractivity contribution in [2.24, 2.45) is 29.1 Å². The van der Waals surface area contributed by atoms with E-state index >= 15 is 0 Å². The summed E-state index contributed by atoms with van der Waals surface area (Å²) in [4.78, 5) is 18.1. The lowest BCUT2D eigenvalue weighted by Crippen LogP contribution is -2.56. The van der Waals surface area contributed by atoms with Crippen molar-refractivity contribution in [2.75, 3.05) is 0 Å². The van der Waals surface area contributed by atoms with Gasteiger partial charge in [0.2, 0.25) is 11.8 Å². The van der Waals surface area contributed by atoms with Gasteiger partial charge >= 0.3 is 0 Å². The highest BCUT2D eigenvalue weighted by molar-refractivity contribution is 5.77. The van der Waals surface area contributed by atoms with Crippen LogP contribution in [0.15, 0.2) is 35.1 Å². The van der Waals surface area contributed by atoms with Crippen LogP contribution >= 0.6 is 0 Å². The summed E-state index contributed by atoms with van der Waals surface area (Å²) in [6, 6.07) is 9.01. The Morgan fingerprint density at radius 3 is 2.47 bits per heavy atom. The quantitative estimate of drug-likeness (QED) is 0.662. The molecular formula is C27H35N3O2. The monoisotopic (exact) mass is 433 g/mol. The maximum Gasteiger partial charge on any atom is 0.234 e. The minimum Gasteiger partial charge on any atom is -0.353 e. The lowest BCUT2D eigenvalue weighted by atomic mass is 9.54. The molecule has 5 heteroatoms. The van der Waals surface area contributed by atoms with Crippen LogP contribution in [0.4, 0.5) is 0 Å². The number of nitrogens with one attached hydrogen (secondary N) is 1. The standard InChI is InChI=1S/C27H35N3O2/c1-17-5-4-6-20(9-17)24(26-28-16-29-32-26)27(7-2-3-8-27)15-23(31)30-25-21-11-18-10-19(13-21)14-22(25)12-18/h4-6,9,16,18-19,21-22,24-25H,2-3,7-8,10-15H2,1H3,(H,30,31). The number of benzene rings is 1. The van der Waals surface area contributed by atoms with Crippen molar-refractivity contribution >= 4 is 5.91 Å². The first-order chi connectivity index (χ1) is 15.6. The fourth-order valence-electron chi connectivity index (χ4n) is 8.28. The number of hydrogen-bond donors (Lipinski definition) is 1. The Labute approximate surface area is 190 Å². The van der Waals surface area contributed by atoms with Crippen molar-refractivity contribution in [3.63, 3.8) is 0 Å². The zero-order valence-corrected chi connectivity index (χ0v) is 19.1. The van der Waals surface area contributed by atoms with Crippen molar-refractivity contribution in [3.05, 3.63) is 47.6 Å². The average molecular weight is 434 g/mol. The Morgan fingerprint density at radius 1 is 1.12 bits per heavy atom. The predicted molar refractivity (Wildman–Crippen MR) is 122 cm³/mol. The third-order valence-corrected chi connectivity index (χ3v) is 9.28. The number of carbonyl (C=O) groups is 1. The fraction of sp³-hybridized carbons (Fsp3) is 0.667. The second-order valence-corrected chi connectivity index (χ2v) is 11.4. The summed E-state index contributed by atoms with van der Waals surface area (Å²) in [6.45, 7) is 2.12. The Bertz CT molecular complexity index is 935. The van der Waals surface area contributed by atoms with Crippen LogP contribution in [-0.4, -0.2) is 22.1 Å². The van der Waals surface area contributed by atoms with E-state index in [1.165, 1.54) is 49.6 Å². The van der Waals surface area contributed by atoms with Crippen molar-refractivity contribution in [1.29, 1.82) is 0 Å². The molecule has 1 heterocycles. The van der Waals surface area contributed by atoms with E-state index in [-0.39, 0.29) is 17.2 Å². The molecule has 0 saturated heterocycles. The highest BCUT2D eigenvalue weighted by Crippen LogP contribution is 2.55. The van der Waals surface area contributed by atoms with Crippen LogP contribution in [0.1, 0.15) is 87.1 Å². The maximum absolute atomic E-state index is 13.6. The Balaban J connectivity index is 1.26. The van der Waals surface area contributed by atoms with Gasteiger partial charge in [0.1, 0.15) is 0 Å². The van der Waals surface area contributed by atoms with E-state index in [0.717, 1.165) is 37.5 Å². The molecule has 1 unspecified atom stereocenters. The summed E-state index contributed by atoms with van der Waals surface area (Å²) in [7, 11) is 0. The summed E-state index contributed by atoms with van der Waals surface area (Å²) < 4.78 is 5.64. The molecule has 0 radical (unpaired) electrons. The van der Waals surface area contributed by atoms with Crippen LogP contribution in [0, 0.1) is 36.0 Å². The van der Waals surface area contributed by atoms with Crippen LogP contribution in [0.3, 0.4) is 0 Å². The van der Waals surface area contributed by atoms with Gasteiger partial charge in [-0.2, -0.15) is 4.98 Å². The summed E-state index contributed by atoms with van der Waals surface area (Å²) in [5.41, 5.74) is 2.26. The second-order valence-electron chi connectivity index (χ2n) is 11.4. The largest absolute Gasteiger partial charge is 0.353 e. The van der Waals surface area contributed by atoms with E-state index in [1.54, 1.807) is 0 Å². The van der Waals surface area contributed by atoms with Gasteiger partial charge in [0.15, 0.2) is 6.33 Å². The molecule has 32 heavy (non-hydrogen) atoms. The summed E-state index contributed by atoms with van der Waals surface area (Å²) in [6.07, 6.45) is 13.2. The number of aryl methyl sites for hydroxylation is 1. The molecule has 1 N–H and O–H groups in total. The van der Waals surface area contributed by atoms with Gasteiger partial charge in [-0.05, 0) is 86.5 Å². The molecule has 1 aromatic heterocycles. The lowest BCUT2D eigenvalue weighted by molar-refractivity contribution is -0.127.